The molecule has 0 aromatic rings. The Hall–Kier alpha value is -0.850. The Morgan fingerprint density at radius 3 is 2.05 bits per heavy atom. The summed E-state index contributed by atoms with van der Waals surface area (Å²) in [7, 11) is 0. The lowest BCUT2D eigenvalue weighted by atomic mass is 9.91. The van der Waals surface area contributed by atoms with Crippen molar-refractivity contribution in [2.45, 2.75) is 80.6 Å². The highest BCUT2D eigenvalue weighted by Gasteiger charge is 2.07. The summed E-state index contributed by atoms with van der Waals surface area (Å²) >= 11 is 0. The zero-order chi connectivity index (χ0) is 15.6. The monoisotopic (exact) mass is 277 g/mol. The van der Waals surface area contributed by atoms with Gasteiger partial charge in [-0.2, -0.15) is 0 Å². The molecule has 0 aliphatic rings. The van der Waals surface area contributed by atoms with Gasteiger partial charge in [-0.05, 0) is 65.2 Å². The van der Waals surface area contributed by atoms with E-state index in [2.05, 4.69) is 65.6 Å². The van der Waals surface area contributed by atoms with E-state index in [0.29, 0.717) is 5.41 Å². The lowest BCUT2D eigenvalue weighted by Crippen LogP contribution is -2.02. The lowest BCUT2D eigenvalue weighted by Gasteiger charge is -2.15. The molecule has 0 rings (SSSR count). The first-order chi connectivity index (χ1) is 9.24. The molecule has 0 heterocycles. The molecule has 1 nitrogen and oxygen atoms in total. The topological polar surface area (TPSA) is 12.4 Å². The average Bonchev–Trinajstić information content (AvgIpc) is 2.33. The van der Waals surface area contributed by atoms with Gasteiger partial charge in [0.15, 0.2) is 0 Å². The summed E-state index contributed by atoms with van der Waals surface area (Å²) < 4.78 is 0. The first kappa shape index (κ1) is 19.1. The molecule has 20 heavy (non-hydrogen) atoms. The highest BCUT2D eigenvalue weighted by atomic mass is 14.7. The van der Waals surface area contributed by atoms with E-state index in [1.54, 1.807) is 0 Å². The van der Waals surface area contributed by atoms with E-state index in [0.717, 1.165) is 19.4 Å². The van der Waals surface area contributed by atoms with Gasteiger partial charge in [0.1, 0.15) is 0 Å². The Morgan fingerprint density at radius 1 is 0.900 bits per heavy atom. The van der Waals surface area contributed by atoms with E-state index in [9.17, 15) is 0 Å². The van der Waals surface area contributed by atoms with Crippen molar-refractivity contribution in [3.05, 3.63) is 23.3 Å². The van der Waals surface area contributed by atoms with Gasteiger partial charge in [-0.15, -0.1) is 0 Å². The van der Waals surface area contributed by atoms with Gasteiger partial charge in [0, 0.05) is 12.3 Å². The van der Waals surface area contributed by atoms with Crippen LogP contribution in [-0.2, 0) is 0 Å². The molecule has 0 aromatic heterocycles. The van der Waals surface area contributed by atoms with Crippen LogP contribution in [0.5, 0.6) is 0 Å². The Labute approximate surface area is 127 Å². The number of allylic oxidation sites excluding steroid dienone is 4. The molecule has 0 saturated carbocycles. The highest BCUT2D eigenvalue weighted by Crippen LogP contribution is 2.21. The molecule has 0 unspecified atom stereocenters. The van der Waals surface area contributed by atoms with Crippen LogP contribution in [0.4, 0.5) is 0 Å². The van der Waals surface area contributed by atoms with Crippen LogP contribution in [0.15, 0.2) is 28.3 Å². The van der Waals surface area contributed by atoms with Gasteiger partial charge >= 0.3 is 0 Å². The average molecular weight is 277 g/mol. The fraction of sp³-hybridized carbons (Fsp3) is 0.737. The number of rotatable bonds is 8. The maximum Gasteiger partial charge on any atom is 0.0360 e. The van der Waals surface area contributed by atoms with Crippen molar-refractivity contribution in [1.29, 1.82) is 0 Å². The van der Waals surface area contributed by atoms with Crippen molar-refractivity contribution in [1.82, 2.24) is 0 Å². The smallest absolute Gasteiger partial charge is 0.0360 e. The van der Waals surface area contributed by atoms with E-state index in [4.69, 9.17) is 0 Å². The molecule has 0 atom stereocenters. The van der Waals surface area contributed by atoms with E-state index in [-0.39, 0.29) is 0 Å². The number of aliphatic imine (C=N–C) groups is 1. The van der Waals surface area contributed by atoms with Crippen LogP contribution < -0.4 is 0 Å². The summed E-state index contributed by atoms with van der Waals surface area (Å²) in [5.74, 6) is 0. The van der Waals surface area contributed by atoms with E-state index < -0.39 is 0 Å². The van der Waals surface area contributed by atoms with Gasteiger partial charge in [0.25, 0.3) is 0 Å². The second-order valence-electron chi connectivity index (χ2n) is 7.11. The normalized spacial score (nSPS) is 14.8. The molecule has 0 bridgehead atoms. The molecule has 1 heteroatoms. The number of hydrogen-bond donors (Lipinski definition) is 0. The minimum atomic E-state index is 0.406. The standard InChI is InChI=1S/C19H35N/c1-8-20-18(4)13-12-16(2)10-9-11-17(3)14-15-19(5,6)7/h10,14H,8-9,11-13,15H2,1-7H3/b16-10+,17-14+,20-18+. The van der Waals surface area contributed by atoms with Crippen molar-refractivity contribution < 1.29 is 0 Å². The van der Waals surface area contributed by atoms with Gasteiger partial charge in [0.2, 0.25) is 0 Å². The third-order valence-corrected chi connectivity index (χ3v) is 3.40. The second-order valence-corrected chi connectivity index (χ2v) is 7.11. The van der Waals surface area contributed by atoms with E-state index in [1.165, 1.54) is 36.1 Å². The van der Waals surface area contributed by atoms with Crippen molar-refractivity contribution in [3.63, 3.8) is 0 Å². The molecule has 0 fully saturated rings. The van der Waals surface area contributed by atoms with Crippen LogP contribution >= 0.6 is 0 Å². The molecule has 0 aliphatic carbocycles. The van der Waals surface area contributed by atoms with Gasteiger partial charge < -0.3 is 0 Å². The Morgan fingerprint density at radius 2 is 1.50 bits per heavy atom. The fourth-order valence-corrected chi connectivity index (χ4v) is 1.96. The van der Waals surface area contributed by atoms with Crippen molar-refractivity contribution in [3.8, 4) is 0 Å². The quantitative estimate of drug-likeness (QED) is 0.362. The Kier molecular flexibility index (Phi) is 9.54. The van der Waals surface area contributed by atoms with Crippen LogP contribution in [0.25, 0.3) is 0 Å². The summed E-state index contributed by atoms with van der Waals surface area (Å²) in [6.07, 6.45) is 10.6. The molecule has 0 spiro atoms. The highest BCUT2D eigenvalue weighted by molar-refractivity contribution is 5.82. The Bertz CT molecular complexity index is 350. The molecule has 0 aromatic carbocycles. The maximum atomic E-state index is 4.43. The zero-order valence-electron chi connectivity index (χ0n) is 14.8. The first-order valence-corrected chi connectivity index (χ1v) is 8.06. The molecule has 0 amide bonds. The van der Waals surface area contributed by atoms with Crippen molar-refractivity contribution in [2.24, 2.45) is 10.4 Å². The van der Waals surface area contributed by atoms with Crippen molar-refractivity contribution in [2.75, 3.05) is 6.54 Å². The van der Waals surface area contributed by atoms with E-state index in [1.807, 2.05) is 0 Å². The predicted octanol–water partition coefficient (Wildman–Crippen LogP) is 6.36. The molecular formula is C19H35N. The van der Waals surface area contributed by atoms with Crippen molar-refractivity contribution >= 4 is 5.71 Å². The maximum absolute atomic E-state index is 4.43. The van der Waals surface area contributed by atoms with Gasteiger partial charge in [-0.25, -0.2) is 0 Å². The summed E-state index contributed by atoms with van der Waals surface area (Å²) in [4.78, 5) is 4.43. The lowest BCUT2D eigenvalue weighted by molar-refractivity contribution is 0.419. The summed E-state index contributed by atoms with van der Waals surface area (Å²) in [5.41, 5.74) is 4.71. The fourth-order valence-electron chi connectivity index (χ4n) is 1.96. The molecule has 0 radical (unpaired) electrons. The molecule has 0 N–H and O–H groups in total. The molecule has 0 saturated heterocycles. The van der Waals surface area contributed by atoms with Gasteiger partial charge in [0.05, 0.1) is 0 Å². The largest absolute Gasteiger partial charge is 0.295 e. The molecule has 116 valence electrons. The van der Waals surface area contributed by atoms with Gasteiger partial charge in [-0.3, -0.25) is 4.99 Å². The third kappa shape index (κ3) is 12.2. The SMILES string of the molecule is CC/N=C(\C)CC/C(C)=C/CC/C(C)=C/CC(C)(C)C. The van der Waals surface area contributed by atoms with Crippen LogP contribution in [0, 0.1) is 5.41 Å². The third-order valence-electron chi connectivity index (χ3n) is 3.40. The van der Waals surface area contributed by atoms with Crippen LogP contribution in [-0.4, -0.2) is 12.3 Å². The second kappa shape index (κ2) is 9.96. The minimum Gasteiger partial charge on any atom is -0.295 e. The van der Waals surface area contributed by atoms with Gasteiger partial charge in [-0.1, -0.05) is 44.1 Å². The van der Waals surface area contributed by atoms with Crippen LogP contribution in [0.3, 0.4) is 0 Å². The van der Waals surface area contributed by atoms with Crippen LogP contribution in [0.1, 0.15) is 80.6 Å². The summed E-state index contributed by atoms with van der Waals surface area (Å²) in [6.45, 7) is 16.5. The number of hydrogen-bond acceptors (Lipinski definition) is 1. The predicted molar refractivity (Wildman–Crippen MR) is 93.7 cm³/mol. The number of nitrogens with zero attached hydrogens (tertiary/aromatic N) is 1. The summed E-state index contributed by atoms with van der Waals surface area (Å²) in [5, 5.41) is 0. The first-order valence-electron chi connectivity index (χ1n) is 8.06. The molecular weight excluding hydrogens is 242 g/mol. The minimum absolute atomic E-state index is 0.406. The van der Waals surface area contributed by atoms with Crippen LogP contribution in [0.2, 0.25) is 0 Å². The Balaban J connectivity index is 4.02. The molecule has 0 aliphatic heterocycles. The summed E-state index contributed by atoms with van der Waals surface area (Å²) in [6, 6.07) is 0. The van der Waals surface area contributed by atoms with E-state index >= 15 is 0 Å². The zero-order valence-corrected chi connectivity index (χ0v) is 14.8.